The molecule has 0 spiro atoms. The number of imidazole rings is 1. The normalized spacial score (nSPS) is 23.6. The average Bonchev–Trinajstić information content (AvgIpc) is 2.93. The van der Waals surface area contributed by atoms with E-state index in [1.165, 1.54) is 30.5 Å². The fourth-order valence-electron chi connectivity index (χ4n) is 1.84. The van der Waals surface area contributed by atoms with Gasteiger partial charge in [-0.05, 0) is 6.08 Å². The van der Waals surface area contributed by atoms with Crippen molar-refractivity contribution in [1.82, 2.24) is 19.5 Å². The molecule has 2 aromatic rings. The molecule has 2 N–H and O–H groups in total. The first-order chi connectivity index (χ1) is 8.70. The van der Waals surface area contributed by atoms with Gasteiger partial charge in [0.05, 0.1) is 24.5 Å². The van der Waals surface area contributed by atoms with Crippen molar-refractivity contribution in [2.24, 2.45) is 0 Å². The summed E-state index contributed by atoms with van der Waals surface area (Å²) < 4.78 is 15.1. The molecule has 0 radical (unpaired) electrons. The van der Waals surface area contributed by atoms with Crippen LogP contribution < -0.4 is 5.56 Å². The first-order valence-electron chi connectivity index (χ1n) is 5.24. The van der Waals surface area contributed by atoms with Gasteiger partial charge >= 0.3 is 0 Å². The van der Waals surface area contributed by atoms with Crippen LogP contribution in [0.15, 0.2) is 29.4 Å². The van der Waals surface area contributed by atoms with Crippen LogP contribution in [-0.4, -0.2) is 36.5 Å². The van der Waals surface area contributed by atoms with E-state index in [1.807, 2.05) is 0 Å². The highest BCUT2D eigenvalue weighted by Gasteiger charge is 2.29. The number of nitrogens with zero attached hydrogens (tertiary/aromatic N) is 3. The summed E-state index contributed by atoms with van der Waals surface area (Å²) in [6.45, 7) is -0.260. The van der Waals surface area contributed by atoms with Crippen LogP contribution in [0.3, 0.4) is 0 Å². The number of aromatic nitrogens is 4. The number of fused-ring (bicyclic) bond motifs is 1. The number of aliphatic hydroxyl groups excluding tert-OH is 1. The Hall–Kier alpha value is -1.67. The Kier molecular flexibility index (Phi) is 2.67. The van der Waals surface area contributed by atoms with E-state index in [2.05, 4.69) is 15.0 Å². The van der Waals surface area contributed by atoms with Gasteiger partial charge in [-0.15, -0.1) is 11.8 Å². The highest BCUT2D eigenvalue weighted by atomic mass is 32.2. The number of rotatable bonds is 2. The first kappa shape index (κ1) is 11.4. The Morgan fingerprint density at radius 3 is 3.11 bits per heavy atom. The molecule has 6 nitrogen and oxygen atoms in total. The fraction of sp³-hybridized carbons (Fsp3) is 0.300. The molecule has 0 saturated carbocycles. The summed E-state index contributed by atoms with van der Waals surface area (Å²) in [6.07, 6.45) is 4.13. The van der Waals surface area contributed by atoms with Gasteiger partial charge in [0.15, 0.2) is 11.2 Å². The summed E-state index contributed by atoms with van der Waals surface area (Å²) in [4.78, 5) is 21.9. The summed E-state index contributed by atoms with van der Waals surface area (Å²) in [6, 6.07) is 0. The lowest BCUT2D eigenvalue weighted by atomic mass is 10.3. The molecule has 0 bridgehead atoms. The van der Waals surface area contributed by atoms with Crippen LogP contribution in [0.2, 0.25) is 0 Å². The van der Waals surface area contributed by atoms with Gasteiger partial charge in [0.2, 0.25) is 0 Å². The van der Waals surface area contributed by atoms with Gasteiger partial charge < -0.3 is 10.1 Å². The maximum Gasteiger partial charge on any atom is 0.278 e. The Bertz CT molecular complexity index is 680. The zero-order chi connectivity index (χ0) is 12.7. The maximum absolute atomic E-state index is 13.5. The molecular weight excluding hydrogens is 259 g/mol. The molecule has 0 unspecified atom stereocenters. The second kappa shape index (κ2) is 4.21. The largest absolute Gasteiger partial charge is 0.395 e. The predicted molar refractivity (Wildman–Crippen MR) is 64.8 cm³/mol. The molecule has 1 aliphatic heterocycles. The molecular formula is C10H9FN4O2S. The number of nitrogens with one attached hydrogen (secondary N) is 1. The molecule has 0 aromatic carbocycles. The van der Waals surface area contributed by atoms with Crippen molar-refractivity contribution in [3.05, 3.63) is 34.9 Å². The van der Waals surface area contributed by atoms with E-state index in [0.29, 0.717) is 5.65 Å². The lowest BCUT2D eigenvalue weighted by molar-refractivity contribution is 0.295. The van der Waals surface area contributed by atoms with Gasteiger partial charge in [0, 0.05) is 0 Å². The molecule has 18 heavy (non-hydrogen) atoms. The zero-order valence-electron chi connectivity index (χ0n) is 9.08. The molecule has 0 saturated heterocycles. The molecule has 2 atom stereocenters. The van der Waals surface area contributed by atoms with Crippen molar-refractivity contribution in [3.8, 4) is 0 Å². The second-order valence-electron chi connectivity index (χ2n) is 3.81. The van der Waals surface area contributed by atoms with E-state index >= 15 is 0 Å². The highest BCUT2D eigenvalue weighted by molar-refractivity contribution is 8.00. The van der Waals surface area contributed by atoms with Gasteiger partial charge in [-0.3, -0.25) is 9.36 Å². The third-order valence-corrected chi connectivity index (χ3v) is 4.06. The molecule has 94 valence electrons. The van der Waals surface area contributed by atoms with Crippen molar-refractivity contribution in [1.29, 1.82) is 0 Å². The number of H-pyrrole nitrogens is 1. The SMILES string of the molecule is O=c1[nH]cnc2c1ncn2[C@H]1C=C(F)[C@@H](CO)S1. The average molecular weight is 268 g/mol. The van der Waals surface area contributed by atoms with Gasteiger partial charge in [-0.1, -0.05) is 0 Å². The minimum absolute atomic E-state index is 0.222. The van der Waals surface area contributed by atoms with Gasteiger partial charge in [0.25, 0.3) is 5.56 Å². The standard InChI is InChI=1S/C10H9FN4O2S/c11-5-1-7(18-6(5)2-16)15-4-14-8-9(15)12-3-13-10(8)17/h1,3-4,6-7,16H,2H2,(H,12,13,17)/t6-,7-/m1/s1. The van der Waals surface area contributed by atoms with Crippen LogP contribution in [0.5, 0.6) is 0 Å². The number of thioether (sulfide) groups is 1. The lowest BCUT2D eigenvalue weighted by Gasteiger charge is -2.11. The fourth-order valence-corrected chi connectivity index (χ4v) is 2.97. The van der Waals surface area contributed by atoms with Crippen LogP contribution in [0, 0.1) is 0 Å². The summed E-state index contributed by atoms with van der Waals surface area (Å²) in [5.74, 6) is -0.362. The monoisotopic (exact) mass is 268 g/mol. The quantitative estimate of drug-likeness (QED) is 0.832. The van der Waals surface area contributed by atoms with Gasteiger partial charge in [-0.25, -0.2) is 14.4 Å². The third-order valence-electron chi connectivity index (χ3n) is 2.72. The number of hydrogen-bond donors (Lipinski definition) is 2. The van der Waals surface area contributed by atoms with Crippen molar-refractivity contribution in [2.45, 2.75) is 10.6 Å². The van der Waals surface area contributed by atoms with E-state index < -0.39 is 5.25 Å². The van der Waals surface area contributed by atoms with Crippen molar-refractivity contribution < 1.29 is 9.50 Å². The second-order valence-corrected chi connectivity index (χ2v) is 5.13. The summed E-state index contributed by atoms with van der Waals surface area (Å²) in [5, 5.41) is 8.11. The minimum atomic E-state index is -0.561. The number of aromatic amines is 1. The zero-order valence-corrected chi connectivity index (χ0v) is 9.89. The van der Waals surface area contributed by atoms with Crippen molar-refractivity contribution in [3.63, 3.8) is 0 Å². The Labute approximate surface area is 105 Å². The topological polar surface area (TPSA) is 83.8 Å². The van der Waals surface area contributed by atoms with Crippen LogP contribution in [0.25, 0.3) is 11.2 Å². The maximum atomic E-state index is 13.5. The summed E-state index contributed by atoms with van der Waals surface area (Å²) in [5.41, 5.74) is 0.295. The number of aliphatic hydroxyl groups is 1. The van der Waals surface area contributed by atoms with Crippen LogP contribution in [-0.2, 0) is 0 Å². The van der Waals surface area contributed by atoms with E-state index in [9.17, 15) is 9.18 Å². The number of halogens is 1. The van der Waals surface area contributed by atoms with E-state index in [0.717, 1.165) is 0 Å². The molecule has 3 heterocycles. The molecule has 0 fully saturated rings. The minimum Gasteiger partial charge on any atom is -0.395 e. The Morgan fingerprint density at radius 2 is 2.39 bits per heavy atom. The molecule has 2 aromatic heterocycles. The van der Waals surface area contributed by atoms with Gasteiger partial charge in [-0.2, -0.15) is 0 Å². The van der Waals surface area contributed by atoms with Crippen molar-refractivity contribution >= 4 is 22.9 Å². The molecule has 8 heteroatoms. The third kappa shape index (κ3) is 1.65. The van der Waals surface area contributed by atoms with Crippen LogP contribution in [0.4, 0.5) is 4.39 Å². The Morgan fingerprint density at radius 1 is 1.56 bits per heavy atom. The molecule has 1 aliphatic rings. The predicted octanol–water partition coefficient (Wildman–Crippen LogP) is 0.579. The van der Waals surface area contributed by atoms with Crippen LogP contribution in [0.1, 0.15) is 5.37 Å². The van der Waals surface area contributed by atoms with Crippen LogP contribution >= 0.6 is 11.8 Å². The lowest BCUT2D eigenvalue weighted by Crippen LogP contribution is -2.09. The number of hydrogen-bond acceptors (Lipinski definition) is 5. The Balaban J connectivity index is 2.07. The van der Waals surface area contributed by atoms with E-state index in [4.69, 9.17) is 5.11 Å². The van der Waals surface area contributed by atoms with Crippen molar-refractivity contribution in [2.75, 3.05) is 6.61 Å². The summed E-state index contributed by atoms with van der Waals surface area (Å²) in [7, 11) is 0. The highest BCUT2D eigenvalue weighted by Crippen LogP contribution is 2.41. The summed E-state index contributed by atoms with van der Waals surface area (Å²) >= 11 is 1.25. The first-order valence-corrected chi connectivity index (χ1v) is 6.18. The molecule has 0 amide bonds. The smallest absolute Gasteiger partial charge is 0.278 e. The molecule has 3 rings (SSSR count). The van der Waals surface area contributed by atoms with Gasteiger partial charge in [0.1, 0.15) is 11.2 Å². The molecule has 0 aliphatic carbocycles. The van der Waals surface area contributed by atoms with E-state index in [1.54, 1.807) is 4.57 Å². The van der Waals surface area contributed by atoms with E-state index in [-0.39, 0.29) is 28.9 Å².